The zero-order chi connectivity index (χ0) is 29.3. The van der Waals surface area contributed by atoms with Crippen molar-refractivity contribution in [1.29, 1.82) is 0 Å². The van der Waals surface area contributed by atoms with Gasteiger partial charge in [0.1, 0.15) is 6.61 Å². The number of carbonyl (C=O) groups excluding carboxylic acids is 2. The quantitative estimate of drug-likeness (QED) is 0.195. The minimum atomic E-state index is -1.20. The molecule has 3 heterocycles. The maximum Gasteiger partial charge on any atom is 0.410 e. The topological polar surface area (TPSA) is 72.0 Å². The predicted octanol–water partition coefficient (Wildman–Crippen LogP) is 7.49. The first-order valence-corrected chi connectivity index (χ1v) is 15.0. The molecule has 0 radical (unpaired) electrons. The van der Waals surface area contributed by atoms with Crippen LogP contribution in [0.25, 0.3) is 0 Å². The van der Waals surface area contributed by atoms with Gasteiger partial charge >= 0.3 is 6.09 Å². The van der Waals surface area contributed by atoms with Crippen LogP contribution in [0.5, 0.6) is 0 Å². The van der Waals surface area contributed by atoms with E-state index < -0.39 is 5.72 Å². The number of amides is 2. The van der Waals surface area contributed by atoms with Gasteiger partial charge in [-0.05, 0) is 54.1 Å². The largest absolute Gasteiger partial charge is 0.445 e. The van der Waals surface area contributed by atoms with Crippen molar-refractivity contribution in [3.8, 4) is 0 Å². The SMILES string of the molecule is O=C(OCc1ccccc1)N1CC(COC2(Cc3ccc(Cl)cn3)c3ccc(Br)cc3C(=O)N2c2ccc(Cl)cc2)C1. The van der Waals surface area contributed by atoms with Gasteiger partial charge in [0, 0.05) is 63.6 Å². The molecule has 0 bridgehead atoms. The first kappa shape index (κ1) is 28.7. The number of rotatable bonds is 8. The third kappa shape index (κ3) is 5.77. The Kier molecular flexibility index (Phi) is 8.23. The van der Waals surface area contributed by atoms with E-state index in [0.717, 1.165) is 15.6 Å². The Labute approximate surface area is 262 Å². The summed E-state index contributed by atoms with van der Waals surface area (Å²) >= 11 is 15.8. The molecule has 1 fully saturated rings. The lowest BCUT2D eigenvalue weighted by atomic mass is 9.94. The van der Waals surface area contributed by atoms with Crippen LogP contribution in [-0.4, -0.2) is 41.6 Å². The van der Waals surface area contributed by atoms with Crippen LogP contribution in [0.2, 0.25) is 10.0 Å². The van der Waals surface area contributed by atoms with Crippen molar-refractivity contribution >= 4 is 56.8 Å². The molecule has 1 atom stereocenters. The van der Waals surface area contributed by atoms with Crippen molar-refractivity contribution in [3.05, 3.63) is 128 Å². The Morgan fingerprint density at radius 2 is 1.71 bits per heavy atom. The van der Waals surface area contributed by atoms with E-state index in [2.05, 4.69) is 20.9 Å². The van der Waals surface area contributed by atoms with Gasteiger partial charge < -0.3 is 14.4 Å². The van der Waals surface area contributed by atoms with Gasteiger partial charge in [0.05, 0.1) is 11.6 Å². The van der Waals surface area contributed by atoms with Gasteiger partial charge in [-0.1, -0.05) is 75.5 Å². The summed E-state index contributed by atoms with van der Waals surface area (Å²) in [6.07, 6.45) is 1.51. The molecule has 2 aliphatic heterocycles. The molecule has 0 aliphatic carbocycles. The molecule has 2 amide bonds. The van der Waals surface area contributed by atoms with Gasteiger partial charge in [0.15, 0.2) is 5.72 Å². The van der Waals surface area contributed by atoms with Gasteiger partial charge in [0.2, 0.25) is 0 Å². The standard InChI is InChI=1S/C32H26BrCl2N3O4/c33-23-6-13-29-28(14-23)30(39)38(27-11-8-24(34)9-12-27)32(29,15-26-10-7-25(35)16-36-26)42-20-22-17-37(18-22)31(40)41-19-21-4-2-1-3-5-21/h1-14,16,22H,15,17-20H2. The zero-order valence-electron chi connectivity index (χ0n) is 22.4. The van der Waals surface area contributed by atoms with Crippen LogP contribution in [0.15, 0.2) is 95.6 Å². The summed E-state index contributed by atoms with van der Waals surface area (Å²) in [5.74, 6) is -0.131. The van der Waals surface area contributed by atoms with E-state index in [4.69, 9.17) is 32.7 Å². The van der Waals surface area contributed by atoms with Crippen LogP contribution in [0.3, 0.4) is 0 Å². The second-order valence-corrected chi connectivity index (χ2v) is 12.1. The first-order chi connectivity index (χ1) is 20.3. The maximum atomic E-state index is 14.0. The third-order valence-electron chi connectivity index (χ3n) is 7.47. The summed E-state index contributed by atoms with van der Waals surface area (Å²) in [6, 6.07) is 25.9. The molecule has 4 aromatic rings. The minimum Gasteiger partial charge on any atom is -0.445 e. The molecule has 0 spiro atoms. The van der Waals surface area contributed by atoms with Gasteiger partial charge in [-0.2, -0.15) is 0 Å². The molecule has 214 valence electrons. The number of benzene rings is 3. The van der Waals surface area contributed by atoms with Crippen molar-refractivity contribution in [2.75, 3.05) is 24.6 Å². The van der Waals surface area contributed by atoms with Gasteiger partial charge in [-0.3, -0.25) is 14.7 Å². The molecule has 1 unspecified atom stereocenters. The highest BCUT2D eigenvalue weighted by atomic mass is 79.9. The number of halogens is 3. The van der Waals surface area contributed by atoms with E-state index in [9.17, 15) is 9.59 Å². The van der Waals surface area contributed by atoms with Gasteiger partial charge in [-0.25, -0.2) is 4.79 Å². The summed E-state index contributed by atoms with van der Waals surface area (Å²) < 4.78 is 13.1. The van der Waals surface area contributed by atoms with E-state index in [1.165, 1.54) is 0 Å². The lowest BCUT2D eigenvalue weighted by Crippen LogP contribution is -2.54. The van der Waals surface area contributed by atoms with Gasteiger partial charge in [0.25, 0.3) is 5.91 Å². The highest BCUT2D eigenvalue weighted by Crippen LogP contribution is 2.46. The predicted molar refractivity (Wildman–Crippen MR) is 165 cm³/mol. The molecule has 42 heavy (non-hydrogen) atoms. The Morgan fingerprint density at radius 3 is 2.43 bits per heavy atom. The van der Waals surface area contributed by atoms with E-state index in [-0.39, 0.29) is 30.9 Å². The summed E-state index contributed by atoms with van der Waals surface area (Å²) in [6.45, 7) is 1.51. The fourth-order valence-corrected chi connectivity index (χ4v) is 5.97. The number of anilines is 1. The second kappa shape index (κ2) is 12.1. The molecule has 0 saturated carbocycles. The van der Waals surface area contributed by atoms with Crippen molar-refractivity contribution in [2.24, 2.45) is 5.92 Å². The minimum absolute atomic E-state index is 0.0611. The number of ether oxygens (including phenoxy) is 2. The van der Waals surface area contributed by atoms with Crippen molar-refractivity contribution in [2.45, 2.75) is 18.8 Å². The number of nitrogens with zero attached hydrogens (tertiary/aromatic N) is 3. The second-order valence-electron chi connectivity index (χ2n) is 10.4. The van der Waals surface area contributed by atoms with Crippen LogP contribution < -0.4 is 4.90 Å². The molecule has 1 saturated heterocycles. The molecular weight excluding hydrogens is 641 g/mol. The number of carbonyl (C=O) groups is 2. The third-order valence-corrected chi connectivity index (χ3v) is 8.44. The van der Waals surface area contributed by atoms with Crippen LogP contribution in [-0.2, 0) is 28.2 Å². The van der Waals surface area contributed by atoms with E-state index >= 15 is 0 Å². The maximum absolute atomic E-state index is 14.0. The summed E-state index contributed by atoms with van der Waals surface area (Å²) in [4.78, 5) is 34.5. The molecule has 6 rings (SSSR count). The molecule has 3 aromatic carbocycles. The number of likely N-dealkylation sites (tertiary alicyclic amines) is 1. The number of hydrogen-bond acceptors (Lipinski definition) is 5. The molecule has 1 aromatic heterocycles. The van der Waals surface area contributed by atoms with Gasteiger partial charge in [-0.15, -0.1) is 0 Å². The normalized spacial score (nSPS) is 18.1. The molecule has 2 aliphatic rings. The van der Waals surface area contributed by atoms with Crippen molar-refractivity contribution < 1.29 is 19.1 Å². The first-order valence-electron chi connectivity index (χ1n) is 13.4. The molecule has 7 nitrogen and oxygen atoms in total. The molecule has 0 N–H and O–H groups in total. The fraction of sp³-hybridized carbons (Fsp3) is 0.219. The Balaban J connectivity index is 1.26. The fourth-order valence-electron chi connectivity index (χ4n) is 5.37. The Morgan fingerprint density at radius 1 is 0.976 bits per heavy atom. The number of aromatic nitrogens is 1. The molecular formula is C32H26BrCl2N3O4. The monoisotopic (exact) mass is 665 g/mol. The van der Waals surface area contributed by atoms with Crippen molar-refractivity contribution in [3.63, 3.8) is 0 Å². The summed E-state index contributed by atoms with van der Waals surface area (Å²) in [5.41, 5.74) is 2.36. The highest BCUT2D eigenvalue weighted by Gasteiger charge is 2.53. The van der Waals surface area contributed by atoms with Crippen LogP contribution in [0.1, 0.15) is 27.2 Å². The average Bonchev–Trinajstić information content (AvgIpc) is 3.20. The highest BCUT2D eigenvalue weighted by molar-refractivity contribution is 9.10. The molecule has 10 heteroatoms. The average molecular weight is 667 g/mol. The summed E-state index contributed by atoms with van der Waals surface area (Å²) in [7, 11) is 0. The lowest BCUT2D eigenvalue weighted by Gasteiger charge is -2.43. The van der Waals surface area contributed by atoms with Crippen LogP contribution >= 0.6 is 39.1 Å². The zero-order valence-corrected chi connectivity index (χ0v) is 25.5. The number of pyridine rings is 1. The van der Waals surface area contributed by atoms with E-state index in [1.807, 2.05) is 66.7 Å². The van der Waals surface area contributed by atoms with E-state index in [1.54, 1.807) is 34.2 Å². The van der Waals surface area contributed by atoms with Crippen molar-refractivity contribution in [1.82, 2.24) is 9.88 Å². The Bertz CT molecular complexity index is 1600. The number of hydrogen-bond donors (Lipinski definition) is 0. The van der Waals surface area contributed by atoms with E-state index in [0.29, 0.717) is 46.7 Å². The Hall–Kier alpha value is -3.43. The van der Waals surface area contributed by atoms with Crippen LogP contribution in [0, 0.1) is 5.92 Å². The van der Waals surface area contributed by atoms with Crippen LogP contribution in [0.4, 0.5) is 10.5 Å². The lowest BCUT2D eigenvalue weighted by molar-refractivity contribution is -0.0820. The number of fused-ring (bicyclic) bond motifs is 1. The smallest absolute Gasteiger partial charge is 0.410 e. The summed E-state index contributed by atoms with van der Waals surface area (Å²) in [5, 5.41) is 1.08.